The molecule has 2 aliphatic heterocycles. The summed E-state index contributed by atoms with van der Waals surface area (Å²) in [4.78, 5) is 36.0. The third-order valence-corrected chi connectivity index (χ3v) is 7.08. The number of piperidine rings is 1. The van der Waals surface area contributed by atoms with Crippen molar-refractivity contribution >= 4 is 34.5 Å². The van der Waals surface area contributed by atoms with Gasteiger partial charge in [-0.15, -0.1) is 0 Å². The molecule has 0 aliphatic carbocycles. The predicted octanol–water partition coefficient (Wildman–Crippen LogP) is 3.84. The van der Waals surface area contributed by atoms with Crippen molar-refractivity contribution in [2.75, 3.05) is 36.9 Å². The Balaban J connectivity index is 1.15. The monoisotopic (exact) mass is 527 g/mol. The molecule has 2 amide bonds. The molecule has 11 heteroatoms. The summed E-state index contributed by atoms with van der Waals surface area (Å²) >= 11 is 0. The molecule has 0 saturated carbocycles. The first-order valence-corrected chi connectivity index (χ1v) is 13.0. The minimum Gasteiger partial charge on any atom is -0.456 e. The van der Waals surface area contributed by atoms with Gasteiger partial charge in [0.05, 0.1) is 18.6 Å². The van der Waals surface area contributed by atoms with Crippen molar-refractivity contribution in [2.45, 2.75) is 25.8 Å². The fourth-order valence-electron chi connectivity index (χ4n) is 4.92. The lowest BCUT2D eigenvalue weighted by molar-refractivity contribution is -0.169. The van der Waals surface area contributed by atoms with Crippen LogP contribution in [0.2, 0.25) is 0 Å². The second-order valence-corrected chi connectivity index (χ2v) is 10.2. The molecular weight excluding hydrogens is 498 g/mol. The van der Waals surface area contributed by atoms with Gasteiger partial charge in [0.1, 0.15) is 22.7 Å². The van der Waals surface area contributed by atoms with E-state index in [1.54, 1.807) is 54.9 Å². The number of anilines is 2. The maximum absolute atomic E-state index is 13.0. The fourth-order valence-corrected chi connectivity index (χ4v) is 4.92. The van der Waals surface area contributed by atoms with Crippen LogP contribution in [0.4, 0.5) is 11.6 Å². The first kappa shape index (κ1) is 24.8. The average Bonchev–Trinajstić information content (AvgIpc) is 3.36. The summed E-state index contributed by atoms with van der Waals surface area (Å²) in [6.07, 6.45) is 5.10. The summed E-state index contributed by atoms with van der Waals surface area (Å²) in [7, 11) is 0. The lowest BCUT2D eigenvalue weighted by Gasteiger charge is -2.43. The van der Waals surface area contributed by atoms with Gasteiger partial charge in [0.25, 0.3) is 5.91 Å². The average molecular weight is 528 g/mol. The molecule has 1 unspecified atom stereocenters. The van der Waals surface area contributed by atoms with Crippen molar-refractivity contribution in [1.29, 1.82) is 0 Å². The number of rotatable bonds is 7. The number of ether oxygens (including phenoxy) is 2. The third kappa shape index (κ3) is 5.13. The Kier molecular flexibility index (Phi) is 6.57. The van der Waals surface area contributed by atoms with E-state index < -0.39 is 5.41 Å². The SMILES string of the molecule is CC1(C(=O)N2CCCC(Nc3n[nH]c4nccc(Oc5ccc(C(=O)Nc6ccccn6)cc5)c34)C2)COC1. The zero-order chi connectivity index (χ0) is 26.8. The molecule has 4 aromatic rings. The van der Waals surface area contributed by atoms with E-state index in [1.165, 1.54) is 0 Å². The highest BCUT2D eigenvalue weighted by Gasteiger charge is 2.44. The standard InChI is InChI=1S/C28H29N7O4/c1-28(16-38-17-28)27(37)35-14-4-5-19(15-35)31-25-23-21(11-13-30-24(23)33-34-25)39-20-9-7-18(8-10-20)26(36)32-22-6-2-3-12-29-22/h2-3,6-13,19H,4-5,14-17H2,1H3,(H,29,32,36)(H2,30,31,33,34). The number of hydrogen-bond acceptors (Lipinski definition) is 8. The van der Waals surface area contributed by atoms with Crippen molar-refractivity contribution in [3.8, 4) is 11.5 Å². The Morgan fingerprint density at radius 3 is 2.69 bits per heavy atom. The molecule has 2 aliphatic rings. The van der Waals surface area contributed by atoms with Crippen LogP contribution >= 0.6 is 0 Å². The number of fused-ring (bicyclic) bond motifs is 1. The number of carbonyl (C=O) groups excluding carboxylic acids is 2. The maximum Gasteiger partial charge on any atom is 0.256 e. The molecule has 2 saturated heterocycles. The number of benzene rings is 1. The highest BCUT2D eigenvalue weighted by atomic mass is 16.5. The Labute approximate surface area is 224 Å². The topological polar surface area (TPSA) is 134 Å². The van der Waals surface area contributed by atoms with Crippen LogP contribution < -0.4 is 15.4 Å². The van der Waals surface area contributed by atoms with Crippen molar-refractivity contribution in [1.82, 2.24) is 25.1 Å². The van der Waals surface area contributed by atoms with Gasteiger partial charge in [-0.2, -0.15) is 5.10 Å². The summed E-state index contributed by atoms with van der Waals surface area (Å²) in [5, 5.41) is 14.4. The van der Waals surface area contributed by atoms with Gasteiger partial charge >= 0.3 is 0 Å². The minimum absolute atomic E-state index is 0.0451. The minimum atomic E-state index is -0.416. The second-order valence-electron chi connectivity index (χ2n) is 10.2. The molecule has 0 radical (unpaired) electrons. The number of nitrogens with zero attached hydrogens (tertiary/aromatic N) is 4. The predicted molar refractivity (Wildman–Crippen MR) is 145 cm³/mol. The Morgan fingerprint density at radius 1 is 1.10 bits per heavy atom. The molecule has 39 heavy (non-hydrogen) atoms. The number of likely N-dealkylation sites (tertiary alicyclic amines) is 1. The van der Waals surface area contributed by atoms with E-state index in [4.69, 9.17) is 9.47 Å². The highest BCUT2D eigenvalue weighted by molar-refractivity contribution is 6.03. The van der Waals surface area contributed by atoms with E-state index in [1.807, 2.05) is 17.9 Å². The van der Waals surface area contributed by atoms with E-state index in [-0.39, 0.29) is 17.9 Å². The fraction of sp³-hybridized carbons (Fsp3) is 0.321. The van der Waals surface area contributed by atoms with Gasteiger partial charge in [-0.3, -0.25) is 14.7 Å². The smallest absolute Gasteiger partial charge is 0.256 e. The number of pyridine rings is 2. The van der Waals surface area contributed by atoms with Crippen LogP contribution in [0, 0.1) is 5.41 Å². The summed E-state index contributed by atoms with van der Waals surface area (Å²) < 4.78 is 11.5. The van der Waals surface area contributed by atoms with E-state index in [0.717, 1.165) is 24.8 Å². The number of nitrogens with one attached hydrogen (secondary N) is 3. The zero-order valence-corrected chi connectivity index (χ0v) is 21.5. The van der Waals surface area contributed by atoms with Crippen LogP contribution in [0.5, 0.6) is 11.5 Å². The lowest BCUT2D eigenvalue weighted by atomic mass is 9.86. The van der Waals surface area contributed by atoms with E-state index >= 15 is 0 Å². The maximum atomic E-state index is 13.0. The summed E-state index contributed by atoms with van der Waals surface area (Å²) in [6.45, 7) is 4.27. The molecule has 3 aromatic heterocycles. The Hall–Kier alpha value is -4.51. The van der Waals surface area contributed by atoms with Crippen LogP contribution in [0.25, 0.3) is 11.0 Å². The van der Waals surface area contributed by atoms with Crippen molar-refractivity contribution in [2.24, 2.45) is 5.41 Å². The largest absolute Gasteiger partial charge is 0.456 e. The molecule has 5 heterocycles. The molecule has 2 fully saturated rings. The van der Waals surface area contributed by atoms with Gasteiger partial charge < -0.3 is 25.0 Å². The number of aromatic nitrogens is 4. The second kappa shape index (κ2) is 10.3. The van der Waals surface area contributed by atoms with Crippen LogP contribution in [-0.2, 0) is 9.53 Å². The first-order chi connectivity index (χ1) is 19.0. The molecule has 6 rings (SSSR count). The molecule has 3 N–H and O–H groups in total. The molecular formula is C28H29N7O4. The van der Waals surface area contributed by atoms with Gasteiger partial charge in [0, 0.05) is 43.2 Å². The summed E-state index contributed by atoms with van der Waals surface area (Å²) in [5.41, 5.74) is 0.655. The van der Waals surface area contributed by atoms with Gasteiger partial charge in [-0.05, 0) is 56.2 Å². The van der Waals surface area contributed by atoms with Crippen molar-refractivity contribution in [3.05, 3.63) is 66.5 Å². The summed E-state index contributed by atoms with van der Waals surface area (Å²) in [5.74, 6) is 2.14. The number of H-pyrrole nitrogens is 1. The molecule has 1 aromatic carbocycles. The van der Waals surface area contributed by atoms with E-state index in [0.29, 0.717) is 54.1 Å². The molecule has 1 atom stereocenters. The first-order valence-electron chi connectivity index (χ1n) is 13.0. The quantitative estimate of drug-likeness (QED) is 0.330. The van der Waals surface area contributed by atoms with Gasteiger partial charge in [0.15, 0.2) is 11.5 Å². The Bertz CT molecular complexity index is 1490. The zero-order valence-electron chi connectivity index (χ0n) is 21.5. The van der Waals surface area contributed by atoms with Gasteiger partial charge in [-0.25, -0.2) is 9.97 Å². The molecule has 0 bridgehead atoms. The number of aromatic amines is 1. The highest BCUT2D eigenvalue weighted by Crippen LogP contribution is 2.34. The van der Waals surface area contributed by atoms with Crippen LogP contribution in [0.1, 0.15) is 30.1 Å². The normalized spacial score (nSPS) is 18.3. The molecule has 0 spiro atoms. The lowest BCUT2D eigenvalue weighted by Crippen LogP contribution is -2.56. The molecule has 200 valence electrons. The number of hydrogen-bond donors (Lipinski definition) is 3. The van der Waals surface area contributed by atoms with Gasteiger partial charge in [-0.1, -0.05) is 6.07 Å². The van der Waals surface area contributed by atoms with Gasteiger partial charge in [0.2, 0.25) is 5.91 Å². The number of carbonyl (C=O) groups is 2. The van der Waals surface area contributed by atoms with Crippen LogP contribution in [0.3, 0.4) is 0 Å². The van der Waals surface area contributed by atoms with E-state index in [2.05, 4.69) is 30.8 Å². The van der Waals surface area contributed by atoms with E-state index in [9.17, 15) is 9.59 Å². The van der Waals surface area contributed by atoms with Crippen LogP contribution in [0.15, 0.2) is 60.9 Å². The Morgan fingerprint density at radius 2 is 1.95 bits per heavy atom. The van der Waals surface area contributed by atoms with Crippen LogP contribution in [-0.4, -0.2) is 69.2 Å². The summed E-state index contributed by atoms with van der Waals surface area (Å²) in [6, 6.07) is 14.0. The molecule has 11 nitrogen and oxygen atoms in total. The van der Waals surface area contributed by atoms with Crippen molar-refractivity contribution < 1.29 is 19.1 Å². The third-order valence-electron chi connectivity index (χ3n) is 7.08. The van der Waals surface area contributed by atoms with Crippen molar-refractivity contribution in [3.63, 3.8) is 0 Å². The number of amides is 2.